The molecule has 0 amide bonds. The summed E-state index contributed by atoms with van der Waals surface area (Å²) < 4.78 is 6.55. The van der Waals surface area contributed by atoms with E-state index >= 15 is 0 Å². The van der Waals surface area contributed by atoms with E-state index in [0.717, 1.165) is 19.1 Å². The largest absolute Gasteiger partial charge is 0.464 e. The Kier molecular flexibility index (Phi) is 4.60. The van der Waals surface area contributed by atoms with Crippen molar-refractivity contribution < 1.29 is 14.3 Å². The number of hydrogen-bond donors (Lipinski definition) is 0. The van der Waals surface area contributed by atoms with Gasteiger partial charge in [0.1, 0.15) is 6.54 Å². The first-order valence-electron chi connectivity index (χ1n) is 5.04. The monoisotopic (exact) mass is 209 g/mol. The molecule has 1 aromatic heterocycles. The van der Waals surface area contributed by atoms with Crippen LogP contribution < -0.4 is 0 Å². The van der Waals surface area contributed by atoms with Crippen molar-refractivity contribution >= 4 is 12.3 Å². The van der Waals surface area contributed by atoms with Crippen molar-refractivity contribution in [3.8, 4) is 0 Å². The summed E-state index contributed by atoms with van der Waals surface area (Å²) in [6, 6.07) is 3.38. The fourth-order valence-electron chi connectivity index (χ4n) is 1.19. The number of ether oxygens (including phenoxy) is 1. The van der Waals surface area contributed by atoms with Crippen LogP contribution in [0.15, 0.2) is 18.3 Å². The van der Waals surface area contributed by atoms with Crippen LogP contribution in [0.4, 0.5) is 0 Å². The molecule has 0 radical (unpaired) electrons. The number of aromatic nitrogens is 1. The standard InChI is InChI=1S/C11H15NO3/c1-2-3-7-15-11(14)8-12-6-4-5-10(12)9-13/h4-6,9H,2-3,7-8H2,1H3. The SMILES string of the molecule is CCCCOC(=O)Cn1cccc1C=O. The fourth-order valence-corrected chi connectivity index (χ4v) is 1.19. The van der Waals surface area contributed by atoms with Gasteiger partial charge in [-0.1, -0.05) is 13.3 Å². The Balaban J connectivity index is 2.40. The van der Waals surface area contributed by atoms with Crippen LogP contribution in [0.1, 0.15) is 30.3 Å². The Bertz CT molecular complexity index is 330. The molecule has 4 heteroatoms. The summed E-state index contributed by atoms with van der Waals surface area (Å²) in [5.74, 6) is -0.303. The molecule has 0 aliphatic rings. The second-order valence-corrected chi connectivity index (χ2v) is 3.25. The van der Waals surface area contributed by atoms with Crippen molar-refractivity contribution in [1.29, 1.82) is 0 Å². The van der Waals surface area contributed by atoms with Gasteiger partial charge in [-0.3, -0.25) is 9.59 Å². The molecule has 1 rings (SSSR count). The number of aldehydes is 1. The summed E-state index contributed by atoms with van der Waals surface area (Å²) in [5, 5.41) is 0. The molecule has 15 heavy (non-hydrogen) atoms. The fraction of sp³-hybridized carbons (Fsp3) is 0.455. The Hall–Kier alpha value is -1.58. The first kappa shape index (κ1) is 11.5. The number of carbonyl (C=O) groups is 2. The van der Waals surface area contributed by atoms with Gasteiger partial charge in [0.2, 0.25) is 0 Å². The minimum atomic E-state index is -0.303. The van der Waals surface area contributed by atoms with Gasteiger partial charge in [0.25, 0.3) is 0 Å². The summed E-state index contributed by atoms with van der Waals surface area (Å²) in [5.41, 5.74) is 0.488. The number of esters is 1. The van der Waals surface area contributed by atoms with Gasteiger partial charge in [-0.25, -0.2) is 0 Å². The van der Waals surface area contributed by atoms with E-state index in [9.17, 15) is 9.59 Å². The smallest absolute Gasteiger partial charge is 0.325 e. The molecule has 0 aliphatic heterocycles. The van der Waals surface area contributed by atoms with Crippen molar-refractivity contribution in [2.75, 3.05) is 6.61 Å². The van der Waals surface area contributed by atoms with E-state index < -0.39 is 0 Å². The first-order chi connectivity index (χ1) is 7.27. The maximum atomic E-state index is 11.3. The Labute approximate surface area is 88.8 Å². The van der Waals surface area contributed by atoms with Crippen LogP contribution in [0.25, 0.3) is 0 Å². The van der Waals surface area contributed by atoms with E-state index in [4.69, 9.17) is 4.74 Å². The highest BCUT2D eigenvalue weighted by Gasteiger charge is 2.06. The predicted octanol–water partition coefficient (Wildman–Crippen LogP) is 1.64. The lowest BCUT2D eigenvalue weighted by atomic mass is 10.4. The Morgan fingerprint density at radius 3 is 3.07 bits per heavy atom. The molecule has 0 fully saturated rings. The first-order valence-corrected chi connectivity index (χ1v) is 5.04. The van der Waals surface area contributed by atoms with Crippen molar-refractivity contribution in [3.63, 3.8) is 0 Å². The molecule has 1 heterocycles. The van der Waals surface area contributed by atoms with Crippen LogP contribution in [-0.4, -0.2) is 23.4 Å². The highest BCUT2D eigenvalue weighted by molar-refractivity contribution is 5.75. The van der Waals surface area contributed by atoms with Gasteiger partial charge in [-0.05, 0) is 18.6 Å². The lowest BCUT2D eigenvalue weighted by molar-refractivity contribution is -0.144. The molecule has 0 saturated heterocycles. The molecular weight excluding hydrogens is 194 g/mol. The zero-order valence-corrected chi connectivity index (χ0v) is 8.81. The third-order valence-electron chi connectivity index (χ3n) is 2.05. The maximum absolute atomic E-state index is 11.3. The van der Waals surface area contributed by atoms with E-state index in [1.807, 2.05) is 6.92 Å². The molecule has 0 bridgehead atoms. The van der Waals surface area contributed by atoms with Gasteiger partial charge < -0.3 is 9.30 Å². The zero-order chi connectivity index (χ0) is 11.1. The molecule has 0 aliphatic carbocycles. The zero-order valence-electron chi connectivity index (χ0n) is 8.81. The summed E-state index contributed by atoms with van der Waals surface area (Å²) >= 11 is 0. The highest BCUT2D eigenvalue weighted by Crippen LogP contribution is 2.00. The van der Waals surface area contributed by atoms with E-state index in [1.165, 1.54) is 0 Å². The molecule has 0 atom stereocenters. The summed E-state index contributed by atoms with van der Waals surface area (Å²) in [7, 11) is 0. The molecule has 1 aromatic rings. The predicted molar refractivity (Wildman–Crippen MR) is 55.7 cm³/mol. The molecule has 0 N–H and O–H groups in total. The summed E-state index contributed by atoms with van der Waals surface area (Å²) in [6.45, 7) is 2.59. The highest BCUT2D eigenvalue weighted by atomic mass is 16.5. The Morgan fingerprint density at radius 2 is 2.40 bits per heavy atom. The topological polar surface area (TPSA) is 48.3 Å². The van der Waals surface area contributed by atoms with Gasteiger partial charge in [-0.2, -0.15) is 0 Å². The lowest BCUT2D eigenvalue weighted by Gasteiger charge is -2.05. The summed E-state index contributed by atoms with van der Waals surface area (Å²) in [6.07, 6.45) is 4.28. The number of rotatable bonds is 6. The van der Waals surface area contributed by atoms with E-state index in [2.05, 4.69) is 0 Å². The van der Waals surface area contributed by atoms with Crippen molar-refractivity contribution in [2.24, 2.45) is 0 Å². The van der Waals surface area contributed by atoms with Crippen LogP contribution in [0.2, 0.25) is 0 Å². The minimum Gasteiger partial charge on any atom is -0.464 e. The van der Waals surface area contributed by atoms with Crippen LogP contribution in [0, 0.1) is 0 Å². The van der Waals surface area contributed by atoms with Gasteiger partial charge >= 0.3 is 5.97 Å². The normalized spacial score (nSPS) is 9.93. The van der Waals surface area contributed by atoms with Crippen molar-refractivity contribution in [2.45, 2.75) is 26.3 Å². The van der Waals surface area contributed by atoms with Gasteiger partial charge in [-0.15, -0.1) is 0 Å². The molecule has 82 valence electrons. The van der Waals surface area contributed by atoms with Crippen LogP contribution in [-0.2, 0) is 16.1 Å². The molecular formula is C11H15NO3. The molecule has 4 nitrogen and oxygen atoms in total. The number of carbonyl (C=O) groups excluding carboxylic acids is 2. The number of hydrogen-bond acceptors (Lipinski definition) is 3. The van der Waals surface area contributed by atoms with E-state index in [0.29, 0.717) is 12.3 Å². The maximum Gasteiger partial charge on any atom is 0.325 e. The van der Waals surface area contributed by atoms with Crippen LogP contribution in [0.5, 0.6) is 0 Å². The van der Waals surface area contributed by atoms with E-state index in [1.54, 1.807) is 22.9 Å². The van der Waals surface area contributed by atoms with Gasteiger partial charge in [0.05, 0.1) is 12.3 Å². The average Bonchev–Trinajstić information content (AvgIpc) is 2.65. The third kappa shape index (κ3) is 3.58. The second kappa shape index (κ2) is 6.01. The number of nitrogens with zero attached hydrogens (tertiary/aromatic N) is 1. The third-order valence-corrected chi connectivity index (χ3v) is 2.05. The van der Waals surface area contributed by atoms with E-state index in [-0.39, 0.29) is 12.5 Å². The molecule has 0 spiro atoms. The average molecular weight is 209 g/mol. The second-order valence-electron chi connectivity index (χ2n) is 3.25. The Morgan fingerprint density at radius 1 is 1.60 bits per heavy atom. The molecule has 0 unspecified atom stereocenters. The molecule has 0 aromatic carbocycles. The van der Waals surface area contributed by atoms with Gasteiger partial charge in [0.15, 0.2) is 6.29 Å². The van der Waals surface area contributed by atoms with Crippen LogP contribution in [0.3, 0.4) is 0 Å². The quantitative estimate of drug-likeness (QED) is 0.406. The minimum absolute atomic E-state index is 0.102. The lowest BCUT2D eigenvalue weighted by Crippen LogP contribution is -2.15. The van der Waals surface area contributed by atoms with Crippen molar-refractivity contribution in [3.05, 3.63) is 24.0 Å². The van der Waals surface area contributed by atoms with Crippen molar-refractivity contribution in [1.82, 2.24) is 4.57 Å². The van der Waals surface area contributed by atoms with Gasteiger partial charge in [0, 0.05) is 6.20 Å². The number of unbranched alkanes of at least 4 members (excludes halogenated alkanes) is 1. The molecule has 0 saturated carbocycles. The van der Waals surface area contributed by atoms with Crippen LogP contribution >= 0.6 is 0 Å². The summed E-state index contributed by atoms with van der Waals surface area (Å²) in [4.78, 5) is 21.9.